The number of methoxy groups -OCH3 is 1. The van der Waals surface area contributed by atoms with Crippen LogP contribution in [0.4, 0.5) is 11.4 Å². The van der Waals surface area contributed by atoms with Crippen LogP contribution < -0.4 is 10.1 Å². The van der Waals surface area contributed by atoms with E-state index in [9.17, 15) is 10.1 Å². The molecule has 0 bridgehead atoms. The largest absolute Gasteiger partial charge is 0.495 e. The molecule has 0 unspecified atom stereocenters. The summed E-state index contributed by atoms with van der Waals surface area (Å²) in [5.41, 5.74) is 3.04. The van der Waals surface area contributed by atoms with Crippen molar-refractivity contribution < 1.29 is 9.66 Å². The molecule has 1 N–H and O–H groups in total. The van der Waals surface area contributed by atoms with E-state index >= 15 is 0 Å². The lowest BCUT2D eigenvalue weighted by atomic mass is 9.76. The van der Waals surface area contributed by atoms with Crippen LogP contribution in [0.25, 0.3) is 0 Å². The lowest BCUT2D eigenvalue weighted by Gasteiger charge is -2.37. The van der Waals surface area contributed by atoms with Gasteiger partial charge in [-0.05, 0) is 24.0 Å². The zero-order valence-electron chi connectivity index (χ0n) is 13.3. The van der Waals surface area contributed by atoms with Crippen molar-refractivity contribution in [2.45, 2.75) is 18.4 Å². The van der Waals surface area contributed by atoms with Gasteiger partial charge < -0.3 is 10.1 Å². The lowest BCUT2D eigenvalue weighted by Crippen LogP contribution is -2.29. The first-order chi connectivity index (χ1) is 11.7. The predicted molar refractivity (Wildman–Crippen MR) is 92.4 cm³/mol. The maximum atomic E-state index is 11.5. The summed E-state index contributed by atoms with van der Waals surface area (Å²) in [6.07, 6.45) is 5.30. The number of allylic oxidation sites excluding steroid dienone is 2. The molecule has 0 saturated heterocycles. The fourth-order valence-corrected chi connectivity index (χ4v) is 3.99. The lowest BCUT2D eigenvalue weighted by molar-refractivity contribution is -0.385. The third kappa shape index (κ3) is 2.16. The van der Waals surface area contributed by atoms with E-state index in [2.05, 4.69) is 23.5 Å². The van der Waals surface area contributed by atoms with Crippen molar-refractivity contribution in [3.8, 4) is 5.75 Å². The molecule has 5 nitrogen and oxygen atoms in total. The summed E-state index contributed by atoms with van der Waals surface area (Å²) < 4.78 is 5.50. The second kappa shape index (κ2) is 5.67. The number of nitro groups is 1. The van der Waals surface area contributed by atoms with Gasteiger partial charge in [-0.25, -0.2) is 0 Å². The highest BCUT2D eigenvalue weighted by molar-refractivity contribution is 5.68. The molecule has 1 aliphatic carbocycles. The Hall–Kier alpha value is -2.82. The molecule has 0 fully saturated rings. The Bertz CT molecular complexity index is 831. The summed E-state index contributed by atoms with van der Waals surface area (Å²) in [6.45, 7) is 0. The monoisotopic (exact) mass is 322 g/mol. The molecule has 0 amide bonds. The number of hydrogen-bond acceptors (Lipinski definition) is 4. The van der Waals surface area contributed by atoms with Crippen LogP contribution in [-0.2, 0) is 0 Å². The van der Waals surface area contributed by atoms with Crippen LogP contribution in [0.2, 0.25) is 0 Å². The van der Waals surface area contributed by atoms with Crippen molar-refractivity contribution >= 4 is 11.4 Å². The molecule has 1 aliphatic heterocycles. The van der Waals surface area contributed by atoms with Gasteiger partial charge in [-0.1, -0.05) is 42.5 Å². The van der Waals surface area contributed by atoms with Crippen LogP contribution in [0.3, 0.4) is 0 Å². The topological polar surface area (TPSA) is 64.4 Å². The number of nitro benzene ring substituents is 1. The molecule has 0 saturated carbocycles. The highest BCUT2D eigenvalue weighted by atomic mass is 16.6. The van der Waals surface area contributed by atoms with Crippen LogP contribution in [0.15, 0.2) is 54.6 Å². The quantitative estimate of drug-likeness (QED) is 0.516. The fraction of sp³-hybridized carbons (Fsp3) is 0.263. The Labute approximate surface area is 140 Å². The number of nitrogens with one attached hydrogen (secondary N) is 1. The zero-order chi connectivity index (χ0) is 16.7. The first kappa shape index (κ1) is 14.8. The third-order valence-corrected chi connectivity index (χ3v) is 5.05. The number of benzene rings is 2. The summed E-state index contributed by atoms with van der Waals surface area (Å²) in [5, 5.41) is 15.0. The van der Waals surface area contributed by atoms with Gasteiger partial charge in [0.1, 0.15) is 5.75 Å². The van der Waals surface area contributed by atoms with Crippen molar-refractivity contribution in [2.24, 2.45) is 5.92 Å². The molecule has 2 aromatic carbocycles. The van der Waals surface area contributed by atoms with Crippen LogP contribution >= 0.6 is 0 Å². The minimum absolute atomic E-state index is 0.115. The number of ether oxygens (including phenoxy) is 1. The van der Waals surface area contributed by atoms with Crippen LogP contribution in [-0.4, -0.2) is 12.0 Å². The first-order valence-corrected chi connectivity index (χ1v) is 8.04. The number of rotatable bonds is 3. The second-order valence-electron chi connectivity index (χ2n) is 6.22. The van der Waals surface area contributed by atoms with E-state index in [0.717, 1.165) is 23.4 Å². The fourth-order valence-electron chi connectivity index (χ4n) is 3.99. The van der Waals surface area contributed by atoms with E-state index in [4.69, 9.17) is 4.74 Å². The van der Waals surface area contributed by atoms with Gasteiger partial charge in [0, 0.05) is 12.0 Å². The Morgan fingerprint density at radius 3 is 2.75 bits per heavy atom. The maximum absolute atomic E-state index is 11.5. The molecule has 0 aromatic heterocycles. The first-order valence-electron chi connectivity index (χ1n) is 8.04. The Morgan fingerprint density at radius 1 is 1.17 bits per heavy atom. The van der Waals surface area contributed by atoms with Crippen molar-refractivity contribution in [1.29, 1.82) is 0 Å². The molecule has 24 heavy (non-hydrogen) atoms. The smallest absolute Gasteiger partial charge is 0.274 e. The van der Waals surface area contributed by atoms with Crippen molar-refractivity contribution in [3.63, 3.8) is 0 Å². The van der Waals surface area contributed by atoms with Crippen LogP contribution in [0.1, 0.15) is 29.5 Å². The minimum Gasteiger partial charge on any atom is -0.495 e. The van der Waals surface area contributed by atoms with Crippen molar-refractivity contribution in [1.82, 2.24) is 0 Å². The van der Waals surface area contributed by atoms with Crippen LogP contribution in [0.5, 0.6) is 5.75 Å². The van der Waals surface area contributed by atoms with E-state index < -0.39 is 0 Å². The third-order valence-electron chi connectivity index (χ3n) is 5.05. The molecule has 0 radical (unpaired) electrons. The van der Waals surface area contributed by atoms with Gasteiger partial charge >= 0.3 is 0 Å². The number of fused-ring (bicyclic) bond motifs is 3. The van der Waals surface area contributed by atoms with Gasteiger partial charge in [0.05, 0.1) is 29.3 Å². The summed E-state index contributed by atoms with van der Waals surface area (Å²) >= 11 is 0. The summed E-state index contributed by atoms with van der Waals surface area (Å²) in [7, 11) is 1.65. The SMILES string of the molecule is COc1cccc2c1N[C@H](c1ccccc1[N+](=O)[O-])[C@@H]1CC=C[C@@H]21. The summed E-state index contributed by atoms with van der Waals surface area (Å²) in [6, 6.07) is 12.9. The molecule has 0 spiro atoms. The van der Waals surface area contributed by atoms with E-state index in [-0.39, 0.29) is 28.5 Å². The molecule has 2 aromatic rings. The van der Waals surface area contributed by atoms with Gasteiger partial charge in [-0.3, -0.25) is 10.1 Å². The Balaban J connectivity index is 1.86. The normalized spacial score (nSPS) is 24.0. The van der Waals surface area contributed by atoms with Gasteiger partial charge in [0.15, 0.2) is 0 Å². The van der Waals surface area contributed by atoms with E-state index in [1.54, 1.807) is 19.2 Å². The number of hydrogen-bond donors (Lipinski definition) is 1. The minimum atomic E-state index is -0.299. The zero-order valence-corrected chi connectivity index (χ0v) is 13.3. The van der Waals surface area contributed by atoms with Gasteiger partial charge in [0.2, 0.25) is 0 Å². The van der Waals surface area contributed by atoms with E-state index in [0.29, 0.717) is 0 Å². The highest BCUT2D eigenvalue weighted by Crippen LogP contribution is 2.53. The molecule has 3 atom stereocenters. The average molecular weight is 322 g/mol. The Kier molecular flexibility index (Phi) is 3.49. The summed E-state index contributed by atoms with van der Waals surface area (Å²) in [4.78, 5) is 11.2. The number of para-hydroxylation sites is 2. The molecular formula is C19H18N2O3. The molecule has 122 valence electrons. The molecule has 1 heterocycles. The molecular weight excluding hydrogens is 304 g/mol. The molecule has 4 rings (SSSR count). The van der Waals surface area contributed by atoms with E-state index in [1.165, 1.54) is 5.56 Å². The summed E-state index contributed by atoms with van der Waals surface area (Å²) in [5.74, 6) is 1.29. The van der Waals surface area contributed by atoms with Gasteiger partial charge in [0.25, 0.3) is 5.69 Å². The second-order valence-corrected chi connectivity index (χ2v) is 6.22. The van der Waals surface area contributed by atoms with Gasteiger partial charge in [-0.2, -0.15) is 0 Å². The maximum Gasteiger partial charge on any atom is 0.274 e. The van der Waals surface area contributed by atoms with Crippen molar-refractivity contribution in [2.75, 3.05) is 12.4 Å². The molecule has 5 heteroatoms. The Morgan fingerprint density at radius 2 is 1.96 bits per heavy atom. The van der Waals surface area contributed by atoms with E-state index in [1.807, 2.05) is 24.3 Å². The standard InChI is InChI=1S/C19H18N2O3/c1-24-17-11-5-9-14-12-7-4-8-13(12)18(20-19(14)17)15-6-2-3-10-16(15)21(22)23/h2-7,9-13,18,20H,8H2,1H3/t12-,13-,18+/m1/s1. The molecule has 2 aliphatic rings. The van der Waals surface area contributed by atoms with Gasteiger partial charge in [-0.15, -0.1) is 0 Å². The predicted octanol–water partition coefficient (Wildman–Crippen LogP) is 4.43. The highest BCUT2D eigenvalue weighted by Gasteiger charge is 2.41. The average Bonchev–Trinajstić information content (AvgIpc) is 3.10. The number of nitrogens with zero attached hydrogens (tertiary/aromatic N) is 1. The number of anilines is 1. The van der Waals surface area contributed by atoms with Crippen molar-refractivity contribution in [3.05, 3.63) is 75.9 Å². The van der Waals surface area contributed by atoms with Crippen LogP contribution in [0, 0.1) is 16.0 Å².